The molecule has 4 heteroatoms. The van der Waals surface area contributed by atoms with Crippen molar-refractivity contribution in [2.75, 3.05) is 30.9 Å². The number of carbonyl (C=O) groups excluding carboxylic acids is 1. The van der Waals surface area contributed by atoms with Crippen molar-refractivity contribution >= 4 is 17.3 Å². The molecular formula is C18H20N2O2. The zero-order chi connectivity index (χ0) is 15.5. The average molecular weight is 296 g/mol. The minimum atomic E-state index is -0.0969. The lowest BCUT2D eigenvalue weighted by Gasteiger charge is -2.18. The summed E-state index contributed by atoms with van der Waals surface area (Å²) in [5.41, 5.74) is 3.63. The van der Waals surface area contributed by atoms with Crippen LogP contribution >= 0.6 is 0 Å². The summed E-state index contributed by atoms with van der Waals surface area (Å²) >= 11 is 0. The molecule has 0 saturated heterocycles. The van der Waals surface area contributed by atoms with E-state index in [9.17, 15) is 4.79 Å². The first kappa shape index (κ1) is 14.4. The molecule has 0 unspecified atom stereocenters. The number of carbonyl (C=O) groups is 1. The van der Waals surface area contributed by atoms with Gasteiger partial charge in [-0.25, -0.2) is 0 Å². The maximum Gasteiger partial charge on any atom is 0.255 e. The Bertz CT molecular complexity index is 695. The highest BCUT2D eigenvalue weighted by atomic mass is 16.5. The van der Waals surface area contributed by atoms with Gasteiger partial charge in [-0.3, -0.25) is 4.79 Å². The molecule has 0 spiro atoms. The molecule has 2 aromatic rings. The van der Waals surface area contributed by atoms with Gasteiger partial charge in [-0.05, 0) is 54.8 Å². The molecule has 0 aliphatic carbocycles. The predicted octanol–water partition coefficient (Wildman–Crippen LogP) is 3.33. The molecule has 4 nitrogen and oxygen atoms in total. The van der Waals surface area contributed by atoms with Crippen LogP contribution in [0.4, 0.5) is 11.4 Å². The number of aryl methyl sites for hydroxylation is 1. The number of hydrogen-bond acceptors (Lipinski definition) is 3. The summed E-state index contributed by atoms with van der Waals surface area (Å²) in [5, 5.41) is 2.96. The second kappa shape index (κ2) is 6.10. The van der Waals surface area contributed by atoms with E-state index >= 15 is 0 Å². The highest BCUT2D eigenvalue weighted by molar-refractivity contribution is 6.04. The van der Waals surface area contributed by atoms with E-state index < -0.39 is 0 Å². The molecule has 1 N–H and O–H groups in total. The predicted molar refractivity (Wildman–Crippen MR) is 89.0 cm³/mol. The van der Waals surface area contributed by atoms with Crippen LogP contribution in [-0.4, -0.2) is 26.6 Å². The SMILES string of the molecule is CN(C)c1cccc(C(=O)Nc2ccc3c(c2)CCCO3)c1. The Morgan fingerprint density at radius 1 is 1.18 bits per heavy atom. The van der Waals surface area contributed by atoms with Crippen LogP contribution in [0, 0.1) is 0 Å². The number of nitrogens with zero attached hydrogens (tertiary/aromatic N) is 1. The van der Waals surface area contributed by atoms with Gasteiger partial charge in [0.25, 0.3) is 5.91 Å². The number of rotatable bonds is 3. The number of hydrogen-bond donors (Lipinski definition) is 1. The minimum Gasteiger partial charge on any atom is -0.493 e. The van der Waals surface area contributed by atoms with Crippen LogP contribution in [0.25, 0.3) is 0 Å². The van der Waals surface area contributed by atoms with Crippen LogP contribution in [0.2, 0.25) is 0 Å². The van der Waals surface area contributed by atoms with Gasteiger partial charge in [0, 0.05) is 31.0 Å². The van der Waals surface area contributed by atoms with E-state index in [1.165, 1.54) is 0 Å². The van der Waals surface area contributed by atoms with Crippen LogP contribution in [0.3, 0.4) is 0 Å². The summed E-state index contributed by atoms with van der Waals surface area (Å²) in [6.07, 6.45) is 2.02. The Morgan fingerprint density at radius 2 is 2.05 bits per heavy atom. The van der Waals surface area contributed by atoms with Gasteiger partial charge in [0.15, 0.2) is 0 Å². The number of amides is 1. The van der Waals surface area contributed by atoms with Crippen molar-refractivity contribution in [1.29, 1.82) is 0 Å². The summed E-state index contributed by atoms with van der Waals surface area (Å²) in [6, 6.07) is 13.4. The lowest BCUT2D eigenvalue weighted by Crippen LogP contribution is -2.15. The molecule has 1 aliphatic heterocycles. The lowest BCUT2D eigenvalue weighted by atomic mass is 10.1. The molecule has 3 rings (SSSR count). The second-order valence-electron chi connectivity index (χ2n) is 5.67. The molecule has 22 heavy (non-hydrogen) atoms. The summed E-state index contributed by atoms with van der Waals surface area (Å²) in [5.74, 6) is 0.833. The molecule has 114 valence electrons. The van der Waals surface area contributed by atoms with Crippen LogP contribution in [0.1, 0.15) is 22.3 Å². The largest absolute Gasteiger partial charge is 0.493 e. The molecule has 0 aromatic heterocycles. The normalized spacial score (nSPS) is 13.0. The summed E-state index contributed by atoms with van der Waals surface area (Å²) < 4.78 is 5.59. The van der Waals surface area contributed by atoms with E-state index in [1.54, 1.807) is 0 Å². The standard InChI is InChI=1S/C18H20N2O2/c1-20(2)16-7-3-5-14(12-16)18(21)19-15-8-9-17-13(11-15)6-4-10-22-17/h3,5,7-9,11-12H,4,6,10H2,1-2H3,(H,19,21). The van der Waals surface area contributed by atoms with E-state index in [4.69, 9.17) is 4.74 Å². The van der Waals surface area contributed by atoms with Crippen molar-refractivity contribution in [2.45, 2.75) is 12.8 Å². The quantitative estimate of drug-likeness (QED) is 0.944. The Balaban J connectivity index is 1.78. The van der Waals surface area contributed by atoms with E-state index in [1.807, 2.05) is 61.5 Å². The molecule has 0 fully saturated rings. The molecular weight excluding hydrogens is 276 g/mol. The molecule has 0 saturated carbocycles. The van der Waals surface area contributed by atoms with Crippen molar-refractivity contribution < 1.29 is 9.53 Å². The van der Waals surface area contributed by atoms with Crippen molar-refractivity contribution in [3.63, 3.8) is 0 Å². The van der Waals surface area contributed by atoms with Crippen molar-refractivity contribution in [3.05, 3.63) is 53.6 Å². The third-order valence-corrected chi connectivity index (χ3v) is 3.79. The van der Waals surface area contributed by atoms with E-state index in [0.717, 1.165) is 42.1 Å². The van der Waals surface area contributed by atoms with Gasteiger partial charge in [0.2, 0.25) is 0 Å². The first-order chi connectivity index (χ1) is 10.6. The number of fused-ring (bicyclic) bond motifs is 1. The molecule has 0 atom stereocenters. The van der Waals surface area contributed by atoms with Crippen molar-refractivity contribution in [2.24, 2.45) is 0 Å². The monoisotopic (exact) mass is 296 g/mol. The van der Waals surface area contributed by atoms with Gasteiger partial charge in [0.1, 0.15) is 5.75 Å². The van der Waals surface area contributed by atoms with E-state index in [2.05, 4.69) is 5.32 Å². The highest BCUT2D eigenvalue weighted by Gasteiger charge is 2.12. The third kappa shape index (κ3) is 3.06. The maximum atomic E-state index is 12.4. The zero-order valence-electron chi connectivity index (χ0n) is 12.9. The van der Waals surface area contributed by atoms with E-state index in [0.29, 0.717) is 5.56 Å². The Hall–Kier alpha value is -2.49. The molecule has 1 heterocycles. The van der Waals surface area contributed by atoms with Crippen LogP contribution in [0.5, 0.6) is 5.75 Å². The molecule has 0 bridgehead atoms. The van der Waals surface area contributed by atoms with Crippen LogP contribution in [-0.2, 0) is 6.42 Å². The van der Waals surface area contributed by atoms with Gasteiger partial charge >= 0.3 is 0 Å². The smallest absolute Gasteiger partial charge is 0.255 e. The van der Waals surface area contributed by atoms with Crippen molar-refractivity contribution in [3.8, 4) is 5.75 Å². The van der Waals surface area contributed by atoms with Crippen LogP contribution < -0.4 is 15.0 Å². The summed E-state index contributed by atoms with van der Waals surface area (Å²) in [7, 11) is 3.92. The van der Waals surface area contributed by atoms with Gasteiger partial charge in [-0.1, -0.05) is 6.07 Å². The van der Waals surface area contributed by atoms with Gasteiger partial charge in [-0.15, -0.1) is 0 Å². The van der Waals surface area contributed by atoms with Crippen molar-refractivity contribution in [1.82, 2.24) is 0 Å². The van der Waals surface area contributed by atoms with Crippen LogP contribution in [0.15, 0.2) is 42.5 Å². The Kier molecular flexibility index (Phi) is 4.00. The first-order valence-corrected chi connectivity index (χ1v) is 7.48. The summed E-state index contributed by atoms with van der Waals surface area (Å²) in [6.45, 7) is 0.774. The molecule has 2 aromatic carbocycles. The van der Waals surface area contributed by atoms with Gasteiger partial charge < -0.3 is 15.0 Å². The third-order valence-electron chi connectivity index (χ3n) is 3.79. The molecule has 1 aliphatic rings. The number of ether oxygens (including phenoxy) is 1. The minimum absolute atomic E-state index is 0.0969. The maximum absolute atomic E-state index is 12.4. The number of benzene rings is 2. The number of anilines is 2. The fourth-order valence-electron chi connectivity index (χ4n) is 2.57. The Morgan fingerprint density at radius 3 is 2.86 bits per heavy atom. The molecule has 0 radical (unpaired) electrons. The first-order valence-electron chi connectivity index (χ1n) is 7.48. The number of nitrogens with one attached hydrogen (secondary N) is 1. The second-order valence-corrected chi connectivity index (χ2v) is 5.67. The van der Waals surface area contributed by atoms with Gasteiger partial charge in [-0.2, -0.15) is 0 Å². The van der Waals surface area contributed by atoms with E-state index in [-0.39, 0.29) is 5.91 Å². The Labute approximate surface area is 130 Å². The highest BCUT2D eigenvalue weighted by Crippen LogP contribution is 2.27. The average Bonchev–Trinajstić information content (AvgIpc) is 2.55. The topological polar surface area (TPSA) is 41.6 Å². The summed E-state index contributed by atoms with van der Waals surface area (Å²) in [4.78, 5) is 14.4. The van der Waals surface area contributed by atoms with Gasteiger partial charge in [0.05, 0.1) is 6.61 Å². The zero-order valence-corrected chi connectivity index (χ0v) is 12.9. The lowest BCUT2D eigenvalue weighted by molar-refractivity contribution is 0.102. The fraction of sp³-hybridized carbons (Fsp3) is 0.278. The molecule has 1 amide bonds. The fourth-order valence-corrected chi connectivity index (χ4v) is 2.57.